The predicted molar refractivity (Wildman–Crippen MR) is 118 cm³/mol. The van der Waals surface area contributed by atoms with E-state index < -0.39 is 0 Å². The average molecular weight is 405 g/mol. The molecule has 5 heteroatoms. The molecule has 2 amide bonds. The fraction of sp³-hybridized carbons (Fsp3) is 0.360. The summed E-state index contributed by atoms with van der Waals surface area (Å²) in [6.07, 6.45) is 2.14. The monoisotopic (exact) mass is 404 g/mol. The first-order valence-electron chi connectivity index (χ1n) is 10.6. The van der Waals surface area contributed by atoms with E-state index in [9.17, 15) is 9.59 Å². The van der Waals surface area contributed by atoms with Gasteiger partial charge in [-0.25, -0.2) is 4.90 Å². The van der Waals surface area contributed by atoms with E-state index in [2.05, 4.69) is 4.90 Å². The molecule has 0 radical (unpaired) electrons. The minimum atomic E-state index is -0.260. The Bertz CT molecular complexity index is 995. The second-order valence-corrected chi connectivity index (χ2v) is 8.40. The summed E-state index contributed by atoms with van der Waals surface area (Å²) in [5, 5.41) is 0. The highest BCUT2D eigenvalue weighted by molar-refractivity contribution is 6.45. The lowest BCUT2D eigenvalue weighted by molar-refractivity contribution is -0.120. The van der Waals surface area contributed by atoms with Crippen molar-refractivity contribution in [3.8, 4) is 5.75 Å². The highest BCUT2D eigenvalue weighted by Crippen LogP contribution is 2.37. The number of aryl methyl sites for hydroxylation is 2. The number of nitrogens with zero attached hydrogens (tertiary/aromatic N) is 2. The Hall–Kier alpha value is -3.08. The Labute approximate surface area is 177 Å². The van der Waals surface area contributed by atoms with Gasteiger partial charge in [-0.15, -0.1) is 0 Å². The molecule has 4 rings (SSSR count). The molecule has 0 N–H and O–H groups in total. The van der Waals surface area contributed by atoms with E-state index in [1.54, 1.807) is 0 Å². The molecule has 0 atom stereocenters. The molecule has 2 aliphatic heterocycles. The lowest BCUT2D eigenvalue weighted by atomic mass is 10.0. The van der Waals surface area contributed by atoms with Crippen molar-refractivity contribution in [2.45, 2.75) is 46.6 Å². The summed E-state index contributed by atoms with van der Waals surface area (Å²) in [6.45, 7) is 9.50. The van der Waals surface area contributed by atoms with Gasteiger partial charge in [-0.3, -0.25) is 9.59 Å². The SMILES string of the molecule is Cc1cc(C)cc(N2C(=O)C(c3ccc(OC(C)C)cc3)=C(N3CCCC3)C2=O)c1. The van der Waals surface area contributed by atoms with Crippen molar-refractivity contribution in [3.05, 3.63) is 64.9 Å². The molecule has 30 heavy (non-hydrogen) atoms. The van der Waals surface area contributed by atoms with Gasteiger partial charge < -0.3 is 9.64 Å². The third-order valence-electron chi connectivity index (χ3n) is 5.46. The summed E-state index contributed by atoms with van der Waals surface area (Å²) in [6, 6.07) is 13.3. The summed E-state index contributed by atoms with van der Waals surface area (Å²) in [5.41, 5.74) is 4.44. The Kier molecular flexibility index (Phi) is 5.37. The first kappa shape index (κ1) is 20.2. The maximum Gasteiger partial charge on any atom is 0.282 e. The van der Waals surface area contributed by atoms with Crippen molar-refractivity contribution in [3.63, 3.8) is 0 Å². The van der Waals surface area contributed by atoms with Gasteiger partial charge in [-0.1, -0.05) is 18.2 Å². The van der Waals surface area contributed by atoms with Crippen LogP contribution in [0.2, 0.25) is 0 Å². The average Bonchev–Trinajstić information content (AvgIpc) is 3.27. The van der Waals surface area contributed by atoms with E-state index in [1.165, 1.54) is 4.90 Å². The molecule has 0 saturated carbocycles. The Morgan fingerprint density at radius 2 is 1.47 bits per heavy atom. The molecule has 156 valence electrons. The third kappa shape index (κ3) is 3.72. The molecule has 1 saturated heterocycles. The van der Waals surface area contributed by atoms with Crippen molar-refractivity contribution in [2.75, 3.05) is 18.0 Å². The van der Waals surface area contributed by atoms with Crippen molar-refractivity contribution in [2.24, 2.45) is 0 Å². The van der Waals surface area contributed by atoms with Crippen LogP contribution in [0, 0.1) is 13.8 Å². The number of ether oxygens (including phenoxy) is 1. The zero-order chi connectivity index (χ0) is 21.4. The van der Waals surface area contributed by atoms with Gasteiger partial charge in [0, 0.05) is 13.1 Å². The maximum absolute atomic E-state index is 13.6. The van der Waals surface area contributed by atoms with E-state index in [1.807, 2.05) is 70.2 Å². The first-order chi connectivity index (χ1) is 14.3. The summed E-state index contributed by atoms with van der Waals surface area (Å²) in [7, 11) is 0. The summed E-state index contributed by atoms with van der Waals surface area (Å²) < 4.78 is 5.73. The molecule has 2 aromatic carbocycles. The molecule has 0 unspecified atom stereocenters. The zero-order valence-electron chi connectivity index (χ0n) is 18.1. The predicted octanol–water partition coefficient (Wildman–Crippen LogP) is 4.47. The lowest BCUT2D eigenvalue weighted by Gasteiger charge is -2.20. The van der Waals surface area contributed by atoms with E-state index in [-0.39, 0.29) is 17.9 Å². The van der Waals surface area contributed by atoms with Crippen LogP contribution in [0.1, 0.15) is 43.4 Å². The van der Waals surface area contributed by atoms with Crippen LogP contribution in [0.4, 0.5) is 5.69 Å². The molecule has 5 nitrogen and oxygen atoms in total. The van der Waals surface area contributed by atoms with Gasteiger partial charge in [0.2, 0.25) is 0 Å². The minimum absolute atomic E-state index is 0.0740. The largest absolute Gasteiger partial charge is 0.491 e. The number of anilines is 1. The number of benzene rings is 2. The van der Waals surface area contributed by atoms with Gasteiger partial charge >= 0.3 is 0 Å². The molecule has 0 aromatic heterocycles. The molecule has 2 aromatic rings. The quantitative estimate of drug-likeness (QED) is 0.690. The third-order valence-corrected chi connectivity index (χ3v) is 5.46. The maximum atomic E-state index is 13.6. The van der Waals surface area contributed by atoms with E-state index in [0.29, 0.717) is 17.0 Å². The summed E-state index contributed by atoms with van der Waals surface area (Å²) >= 11 is 0. The van der Waals surface area contributed by atoms with Crippen molar-refractivity contribution in [1.82, 2.24) is 4.90 Å². The summed E-state index contributed by atoms with van der Waals surface area (Å²) in [5.74, 6) is 0.258. The smallest absolute Gasteiger partial charge is 0.282 e. The lowest BCUT2D eigenvalue weighted by Crippen LogP contribution is -2.34. The molecular weight excluding hydrogens is 376 g/mol. The van der Waals surface area contributed by atoms with Crippen molar-refractivity contribution in [1.29, 1.82) is 0 Å². The van der Waals surface area contributed by atoms with E-state index in [0.717, 1.165) is 48.4 Å². The van der Waals surface area contributed by atoms with Gasteiger partial charge in [0.1, 0.15) is 11.4 Å². The van der Waals surface area contributed by atoms with Gasteiger partial charge in [-0.05, 0) is 81.5 Å². The van der Waals surface area contributed by atoms with Crippen LogP contribution in [0.15, 0.2) is 48.2 Å². The van der Waals surface area contributed by atoms with Crippen LogP contribution in [0.25, 0.3) is 5.57 Å². The topological polar surface area (TPSA) is 49.9 Å². The van der Waals surface area contributed by atoms with Gasteiger partial charge in [-0.2, -0.15) is 0 Å². The minimum Gasteiger partial charge on any atom is -0.491 e. The van der Waals surface area contributed by atoms with E-state index >= 15 is 0 Å². The number of hydrogen-bond acceptors (Lipinski definition) is 4. The van der Waals surface area contributed by atoms with E-state index in [4.69, 9.17) is 4.74 Å². The van der Waals surface area contributed by atoms with Crippen LogP contribution < -0.4 is 9.64 Å². The van der Waals surface area contributed by atoms with Crippen LogP contribution in [-0.4, -0.2) is 35.9 Å². The molecular formula is C25H28N2O3. The molecule has 2 aliphatic rings. The number of carbonyl (C=O) groups excluding carboxylic acids is 2. The number of rotatable bonds is 5. The zero-order valence-corrected chi connectivity index (χ0v) is 18.1. The van der Waals surface area contributed by atoms with Crippen LogP contribution in [-0.2, 0) is 9.59 Å². The molecule has 0 bridgehead atoms. The highest BCUT2D eigenvalue weighted by Gasteiger charge is 2.43. The number of amides is 2. The van der Waals surface area contributed by atoms with Gasteiger partial charge in [0.15, 0.2) is 0 Å². The van der Waals surface area contributed by atoms with Crippen LogP contribution in [0.5, 0.6) is 5.75 Å². The second-order valence-electron chi connectivity index (χ2n) is 8.40. The number of carbonyl (C=O) groups is 2. The van der Waals surface area contributed by atoms with Crippen LogP contribution in [0.3, 0.4) is 0 Å². The Morgan fingerprint density at radius 3 is 2.03 bits per heavy atom. The molecule has 0 aliphatic carbocycles. The van der Waals surface area contributed by atoms with Crippen molar-refractivity contribution >= 4 is 23.1 Å². The number of imide groups is 1. The normalized spacial score (nSPS) is 17.0. The van der Waals surface area contributed by atoms with Gasteiger partial charge in [0.05, 0.1) is 17.4 Å². The molecule has 0 spiro atoms. The Balaban J connectivity index is 1.78. The Morgan fingerprint density at radius 1 is 0.867 bits per heavy atom. The fourth-order valence-corrected chi connectivity index (χ4v) is 4.30. The van der Waals surface area contributed by atoms with Crippen LogP contribution >= 0.6 is 0 Å². The molecule has 1 fully saturated rings. The standard InChI is InChI=1S/C25H28N2O3/c1-16(2)30-21-9-7-19(8-10-21)22-23(26-11-5-6-12-26)25(29)27(24(22)28)20-14-17(3)13-18(4)15-20/h7-10,13-16H,5-6,11-12H2,1-4H3. The van der Waals surface area contributed by atoms with Gasteiger partial charge in [0.25, 0.3) is 11.8 Å². The second kappa shape index (κ2) is 7.98. The van der Waals surface area contributed by atoms with Crippen molar-refractivity contribution < 1.29 is 14.3 Å². The molecule has 2 heterocycles. The number of likely N-dealkylation sites (tertiary alicyclic amines) is 1. The number of hydrogen-bond donors (Lipinski definition) is 0. The highest BCUT2D eigenvalue weighted by atomic mass is 16.5. The summed E-state index contributed by atoms with van der Waals surface area (Å²) in [4.78, 5) is 30.5. The fourth-order valence-electron chi connectivity index (χ4n) is 4.30. The first-order valence-corrected chi connectivity index (χ1v) is 10.6.